The zero-order chi connectivity index (χ0) is 16.9. The Labute approximate surface area is 140 Å². The minimum absolute atomic E-state index is 0.394. The van der Waals surface area contributed by atoms with Crippen molar-refractivity contribution in [3.05, 3.63) is 71.8 Å². The summed E-state index contributed by atoms with van der Waals surface area (Å²) < 4.78 is 15.8. The summed E-state index contributed by atoms with van der Waals surface area (Å²) >= 11 is 0. The molecule has 0 heterocycles. The van der Waals surface area contributed by atoms with Gasteiger partial charge in [0.25, 0.3) is 0 Å². The molecule has 0 saturated carbocycles. The summed E-state index contributed by atoms with van der Waals surface area (Å²) in [6, 6.07) is 19.4. The highest BCUT2D eigenvalue weighted by molar-refractivity contribution is 5.90. The number of fused-ring (bicyclic) bond motifs is 1. The fourth-order valence-corrected chi connectivity index (χ4v) is 2.50. The van der Waals surface area contributed by atoms with E-state index in [2.05, 4.69) is 24.3 Å². The van der Waals surface area contributed by atoms with Gasteiger partial charge in [-0.1, -0.05) is 36.4 Å². The molecule has 0 aliphatic carbocycles. The van der Waals surface area contributed by atoms with Crippen molar-refractivity contribution in [3.8, 4) is 11.5 Å². The van der Waals surface area contributed by atoms with Crippen LogP contribution < -0.4 is 9.47 Å². The van der Waals surface area contributed by atoms with E-state index in [1.54, 1.807) is 25.3 Å². The second kappa shape index (κ2) is 7.04. The summed E-state index contributed by atoms with van der Waals surface area (Å²) in [5.74, 6) is 0.679. The third-order valence-electron chi connectivity index (χ3n) is 3.76. The lowest BCUT2D eigenvalue weighted by Crippen LogP contribution is -2.03. The molecule has 4 heteroatoms. The van der Waals surface area contributed by atoms with E-state index in [4.69, 9.17) is 14.2 Å². The van der Waals surface area contributed by atoms with Crippen LogP contribution in [0.4, 0.5) is 0 Å². The van der Waals surface area contributed by atoms with Crippen LogP contribution in [0.15, 0.2) is 60.7 Å². The van der Waals surface area contributed by atoms with E-state index in [-0.39, 0.29) is 0 Å². The Hall–Kier alpha value is -3.01. The standard InChI is InChI=1S/C20H18O4/c1-22-18-10-17(20(21)23-2)11-19(12-18)24-13-14-7-8-15-5-3-4-6-16(15)9-14/h3-12H,13H2,1-2H3. The second-order valence-electron chi connectivity index (χ2n) is 5.36. The Morgan fingerprint density at radius 1 is 0.875 bits per heavy atom. The number of methoxy groups -OCH3 is 2. The number of rotatable bonds is 5. The van der Waals surface area contributed by atoms with Gasteiger partial charge >= 0.3 is 5.97 Å². The maximum Gasteiger partial charge on any atom is 0.338 e. The molecule has 0 unspecified atom stereocenters. The van der Waals surface area contributed by atoms with Gasteiger partial charge in [0.2, 0.25) is 0 Å². The van der Waals surface area contributed by atoms with Crippen LogP contribution in [-0.2, 0) is 11.3 Å². The quantitative estimate of drug-likeness (QED) is 0.660. The summed E-state index contributed by atoms with van der Waals surface area (Å²) in [7, 11) is 2.89. The lowest BCUT2D eigenvalue weighted by molar-refractivity contribution is 0.0599. The molecular formula is C20H18O4. The van der Waals surface area contributed by atoms with Crippen molar-refractivity contribution >= 4 is 16.7 Å². The molecule has 3 rings (SSSR count). The first-order valence-electron chi connectivity index (χ1n) is 7.57. The molecule has 0 aliphatic heterocycles. The third kappa shape index (κ3) is 3.49. The monoisotopic (exact) mass is 322 g/mol. The number of esters is 1. The molecule has 24 heavy (non-hydrogen) atoms. The highest BCUT2D eigenvalue weighted by Gasteiger charge is 2.10. The lowest BCUT2D eigenvalue weighted by atomic mass is 10.1. The number of hydrogen-bond acceptors (Lipinski definition) is 4. The van der Waals surface area contributed by atoms with Crippen molar-refractivity contribution in [2.45, 2.75) is 6.61 Å². The molecule has 122 valence electrons. The smallest absolute Gasteiger partial charge is 0.338 e. The first kappa shape index (κ1) is 15.9. The van der Waals surface area contributed by atoms with E-state index < -0.39 is 5.97 Å². The summed E-state index contributed by atoms with van der Waals surface area (Å²) in [6.07, 6.45) is 0. The van der Waals surface area contributed by atoms with E-state index in [0.717, 1.165) is 5.56 Å². The van der Waals surface area contributed by atoms with E-state index in [0.29, 0.717) is 23.7 Å². The number of hydrogen-bond donors (Lipinski definition) is 0. The molecule has 0 amide bonds. The largest absolute Gasteiger partial charge is 0.497 e. The van der Waals surface area contributed by atoms with Gasteiger partial charge in [0.1, 0.15) is 18.1 Å². The Morgan fingerprint density at radius 2 is 1.62 bits per heavy atom. The van der Waals surface area contributed by atoms with Crippen LogP contribution in [0.5, 0.6) is 11.5 Å². The zero-order valence-corrected chi connectivity index (χ0v) is 13.6. The van der Waals surface area contributed by atoms with Crippen LogP contribution in [0, 0.1) is 0 Å². The first-order chi connectivity index (χ1) is 11.7. The number of carbonyl (C=O) groups is 1. The van der Waals surface area contributed by atoms with Gasteiger partial charge in [-0.25, -0.2) is 4.79 Å². The normalized spacial score (nSPS) is 10.4. The van der Waals surface area contributed by atoms with Crippen molar-refractivity contribution in [2.24, 2.45) is 0 Å². The van der Waals surface area contributed by atoms with Crippen LogP contribution in [0.25, 0.3) is 10.8 Å². The molecule has 0 radical (unpaired) electrons. The Bertz CT molecular complexity index is 870. The summed E-state index contributed by atoms with van der Waals surface area (Å²) in [5.41, 5.74) is 1.45. The summed E-state index contributed by atoms with van der Waals surface area (Å²) in [4.78, 5) is 11.7. The van der Waals surface area contributed by atoms with E-state index in [1.165, 1.54) is 17.9 Å². The van der Waals surface area contributed by atoms with Gasteiger partial charge in [0.15, 0.2) is 0 Å². The molecule has 4 nitrogen and oxygen atoms in total. The van der Waals surface area contributed by atoms with Gasteiger partial charge in [0.05, 0.1) is 19.8 Å². The van der Waals surface area contributed by atoms with Crippen molar-refractivity contribution < 1.29 is 19.0 Å². The molecule has 3 aromatic carbocycles. The van der Waals surface area contributed by atoms with Crippen LogP contribution in [0.2, 0.25) is 0 Å². The average molecular weight is 322 g/mol. The zero-order valence-electron chi connectivity index (χ0n) is 13.6. The molecule has 0 aliphatic rings. The molecule has 3 aromatic rings. The Morgan fingerprint density at radius 3 is 2.38 bits per heavy atom. The third-order valence-corrected chi connectivity index (χ3v) is 3.76. The van der Waals surface area contributed by atoms with Gasteiger partial charge < -0.3 is 14.2 Å². The van der Waals surface area contributed by atoms with Gasteiger partial charge in [-0.05, 0) is 34.5 Å². The second-order valence-corrected chi connectivity index (χ2v) is 5.36. The van der Waals surface area contributed by atoms with E-state index in [9.17, 15) is 4.79 Å². The van der Waals surface area contributed by atoms with Gasteiger partial charge in [-0.15, -0.1) is 0 Å². The van der Waals surface area contributed by atoms with Gasteiger partial charge in [0, 0.05) is 6.07 Å². The van der Waals surface area contributed by atoms with Crippen molar-refractivity contribution in [1.29, 1.82) is 0 Å². The van der Waals surface area contributed by atoms with Crippen LogP contribution in [0.3, 0.4) is 0 Å². The van der Waals surface area contributed by atoms with Crippen molar-refractivity contribution in [3.63, 3.8) is 0 Å². The molecule has 0 N–H and O–H groups in total. The number of carbonyl (C=O) groups excluding carboxylic acids is 1. The van der Waals surface area contributed by atoms with Crippen LogP contribution in [-0.4, -0.2) is 20.2 Å². The Balaban J connectivity index is 1.80. The minimum atomic E-state index is -0.426. The fraction of sp³-hybridized carbons (Fsp3) is 0.150. The highest BCUT2D eigenvalue weighted by Crippen LogP contribution is 2.24. The molecule has 0 atom stereocenters. The minimum Gasteiger partial charge on any atom is -0.497 e. The van der Waals surface area contributed by atoms with E-state index in [1.807, 2.05) is 18.2 Å². The fourth-order valence-electron chi connectivity index (χ4n) is 2.50. The SMILES string of the molecule is COC(=O)c1cc(OC)cc(OCc2ccc3ccccc3c2)c1. The van der Waals surface area contributed by atoms with E-state index >= 15 is 0 Å². The maximum atomic E-state index is 11.7. The topological polar surface area (TPSA) is 44.8 Å². The van der Waals surface area contributed by atoms with Gasteiger partial charge in [-0.2, -0.15) is 0 Å². The summed E-state index contributed by atoms with van der Waals surface area (Å²) in [6.45, 7) is 0.401. The molecule has 0 fully saturated rings. The summed E-state index contributed by atoms with van der Waals surface area (Å²) in [5, 5.41) is 2.36. The maximum absolute atomic E-state index is 11.7. The molecular weight excluding hydrogens is 304 g/mol. The predicted octanol–water partition coefficient (Wildman–Crippen LogP) is 4.21. The molecule has 0 aromatic heterocycles. The molecule has 0 bridgehead atoms. The van der Waals surface area contributed by atoms with Crippen LogP contribution in [0.1, 0.15) is 15.9 Å². The number of ether oxygens (including phenoxy) is 3. The predicted molar refractivity (Wildman–Crippen MR) is 92.6 cm³/mol. The van der Waals surface area contributed by atoms with Crippen molar-refractivity contribution in [2.75, 3.05) is 14.2 Å². The molecule has 0 saturated heterocycles. The average Bonchev–Trinajstić information content (AvgIpc) is 2.65. The molecule has 0 spiro atoms. The van der Waals surface area contributed by atoms with Crippen molar-refractivity contribution in [1.82, 2.24) is 0 Å². The van der Waals surface area contributed by atoms with Gasteiger partial charge in [-0.3, -0.25) is 0 Å². The lowest BCUT2D eigenvalue weighted by Gasteiger charge is -2.10. The first-order valence-corrected chi connectivity index (χ1v) is 7.57. The highest BCUT2D eigenvalue weighted by atomic mass is 16.5. The Kier molecular flexibility index (Phi) is 4.66. The van der Waals surface area contributed by atoms with Crippen LogP contribution >= 0.6 is 0 Å². The number of benzene rings is 3.